The van der Waals surface area contributed by atoms with Crippen LogP contribution < -0.4 is 16.2 Å². The molecule has 8 heteroatoms. The molecule has 1 atom stereocenters. The zero-order valence-electron chi connectivity index (χ0n) is 11.6. The highest BCUT2D eigenvalue weighted by atomic mass is 32.2. The molecule has 0 radical (unpaired) electrons. The Morgan fingerprint density at radius 3 is 2.81 bits per heavy atom. The summed E-state index contributed by atoms with van der Waals surface area (Å²) in [4.78, 5) is 11.1. The number of hydrogen-bond acceptors (Lipinski definition) is 5. The van der Waals surface area contributed by atoms with Crippen LogP contribution in [0.25, 0.3) is 0 Å². The van der Waals surface area contributed by atoms with Gasteiger partial charge in [0.05, 0.1) is 11.7 Å². The number of benzene rings is 1. The molecule has 7 nitrogen and oxygen atoms in total. The first-order valence-corrected chi connectivity index (χ1v) is 8.25. The molecule has 1 aliphatic heterocycles. The van der Waals surface area contributed by atoms with Crippen molar-refractivity contribution < 1.29 is 17.9 Å². The van der Waals surface area contributed by atoms with Gasteiger partial charge in [-0.05, 0) is 18.6 Å². The molecule has 0 spiro atoms. The van der Waals surface area contributed by atoms with Crippen LogP contribution in [-0.2, 0) is 14.8 Å². The van der Waals surface area contributed by atoms with Crippen molar-refractivity contribution >= 4 is 21.6 Å². The first-order valence-electron chi connectivity index (χ1n) is 6.64. The van der Waals surface area contributed by atoms with E-state index in [1.807, 2.05) is 0 Å². The van der Waals surface area contributed by atoms with Gasteiger partial charge in [0.25, 0.3) is 0 Å². The molecule has 116 valence electrons. The highest BCUT2D eigenvalue weighted by Gasteiger charge is 2.33. The summed E-state index contributed by atoms with van der Waals surface area (Å²) in [5.41, 5.74) is 11.4. The van der Waals surface area contributed by atoms with Gasteiger partial charge < -0.3 is 16.2 Å². The van der Waals surface area contributed by atoms with Gasteiger partial charge in [0.1, 0.15) is 12.4 Å². The van der Waals surface area contributed by atoms with Crippen LogP contribution in [0.3, 0.4) is 0 Å². The maximum Gasteiger partial charge on any atom is 0.221 e. The number of rotatable bonds is 6. The molecule has 21 heavy (non-hydrogen) atoms. The highest BCUT2D eigenvalue weighted by molar-refractivity contribution is 7.89. The van der Waals surface area contributed by atoms with E-state index in [-0.39, 0.29) is 18.9 Å². The summed E-state index contributed by atoms with van der Waals surface area (Å²) in [6.45, 7) is 0.522. The number of sulfonamides is 1. The summed E-state index contributed by atoms with van der Waals surface area (Å²) in [7, 11) is -3.44. The third-order valence-electron chi connectivity index (χ3n) is 3.41. The summed E-state index contributed by atoms with van der Waals surface area (Å²) in [6, 6.07) is 6.79. The normalized spacial score (nSPS) is 19.5. The Hall–Kier alpha value is -1.80. The van der Waals surface area contributed by atoms with E-state index < -0.39 is 21.8 Å². The fraction of sp³-hybridized carbons (Fsp3) is 0.462. The zero-order chi connectivity index (χ0) is 15.5. The number of hydrogen-bond donors (Lipinski definition) is 2. The van der Waals surface area contributed by atoms with Gasteiger partial charge in [0, 0.05) is 24.8 Å². The fourth-order valence-electron chi connectivity index (χ4n) is 2.21. The molecule has 1 heterocycles. The number of nitrogen functional groups attached to an aromatic ring is 1. The topological polar surface area (TPSA) is 116 Å². The largest absolute Gasteiger partial charge is 0.492 e. The van der Waals surface area contributed by atoms with Crippen LogP contribution >= 0.6 is 0 Å². The second kappa shape index (κ2) is 6.31. The second-order valence-corrected chi connectivity index (χ2v) is 7.07. The summed E-state index contributed by atoms with van der Waals surface area (Å²) in [6.07, 6.45) is 0.477. The molecule has 0 saturated carbocycles. The van der Waals surface area contributed by atoms with Crippen LogP contribution in [-0.4, -0.2) is 44.1 Å². The van der Waals surface area contributed by atoms with E-state index in [9.17, 15) is 13.2 Å². The number of carbonyl (C=O) groups excluding carboxylic acids is 1. The molecule has 1 fully saturated rings. The molecule has 1 aliphatic rings. The average Bonchev–Trinajstić information content (AvgIpc) is 2.89. The average molecular weight is 313 g/mol. The van der Waals surface area contributed by atoms with Gasteiger partial charge in [-0.3, -0.25) is 4.79 Å². The Morgan fingerprint density at radius 1 is 1.43 bits per heavy atom. The Bertz CT molecular complexity index is 618. The quantitative estimate of drug-likeness (QED) is 0.705. The van der Waals surface area contributed by atoms with Crippen molar-refractivity contribution in [1.29, 1.82) is 0 Å². The van der Waals surface area contributed by atoms with Gasteiger partial charge in [-0.2, -0.15) is 0 Å². The number of carbonyl (C=O) groups is 1. The zero-order valence-corrected chi connectivity index (χ0v) is 12.4. The van der Waals surface area contributed by atoms with E-state index in [1.54, 1.807) is 24.3 Å². The van der Waals surface area contributed by atoms with Crippen molar-refractivity contribution in [2.75, 3.05) is 31.2 Å². The van der Waals surface area contributed by atoms with Crippen LogP contribution in [0.2, 0.25) is 0 Å². The minimum atomic E-state index is -3.44. The van der Waals surface area contributed by atoms with Crippen LogP contribution in [0, 0.1) is 5.92 Å². The van der Waals surface area contributed by atoms with Crippen molar-refractivity contribution in [2.24, 2.45) is 11.7 Å². The number of nitrogens with zero attached hydrogens (tertiary/aromatic N) is 1. The smallest absolute Gasteiger partial charge is 0.221 e. The lowest BCUT2D eigenvalue weighted by Gasteiger charge is -2.16. The van der Waals surface area contributed by atoms with Crippen molar-refractivity contribution in [3.8, 4) is 5.75 Å². The summed E-state index contributed by atoms with van der Waals surface area (Å²) >= 11 is 0. The van der Waals surface area contributed by atoms with Crippen molar-refractivity contribution in [3.63, 3.8) is 0 Å². The summed E-state index contributed by atoms with van der Waals surface area (Å²) < 4.78 is 30.9. The van der Waals surface area contributed by atoms with Crippen LogP contribution in [0.15, 0.2) is 24.3 Å². The standard InChI is InChI=1S/C13H19N3O4S/c14-11-2-1-3-12(8-11)20-6-7-21(18,19)16-5-4-10(9-16)13(15)17/h1-3,8,10H,4-7,9,14H2,(H2,15,17). The maximum absolute atomic E-state index is 12.1. The molecular weight excluding hydrogens is 294 g/mol. The van der Waals surface area contributed by atoms with Gasteiger partial charge >= 0.3 is 0 Å². The van der Waals surface area contributed by atoms with Crippen molar-refractivity contribution in [2.45, 2.75) is 6.42 Å². The van der Waals surface area contributed by atoms with Crippen LogP contribution in [0.4, 0.5) is 5.69 Å². The molecule has 1 unspecified atom stereocenters. The number of nitrogens with two attached hydrogens (primary N) is 2. The lowest BCUT2D eigenvalue weighted by Crippen LogP contribution is -2.34. The number of amides is 1. The molecule has 4 N–H and O–H groups in total. The fourth-order valence-corrected chi connectivity index (χ4v) is 3.55. The van der Waals surface area contributed by atoms with Gasteiger partial charge in [-0.15, -0.1) is 0 Å². The first kappa shape index (κ1) is 15.6. The molecule has 1 aromatic rings. The van der Waals surface area contributed by atoms with E-state index in [0.717, 1.165) is 0 Å². The van der Waals surface area contributed by atoms with Gasteiger partial charge in [-0.25, -0.2) is 12.7 Å². The van der Waals surface area contributed by atoms with Gasteiger partial charge in [0.2, 0.25) is 15.9 Å². The van der Waals surface area contributed by atoms with E-state index in [2.05, 4.69) is 0 Å². The third kappa shape index (κ3) is 4.08. The Morgan fingerprint density at radius 2 is 2.19 bits per heavy atom. The number of primary amides is 1. The predicted octanol–water partition coefficient (Wildman–Crippen LogP) is -0.215. The SMILES string of the molecule is NC(=O)C1CCN(S(=O)(=O)CCOc2cccc(N)c2)C1. The van der Waals surface area contributed by atoms with Crippen LogP contribution in [0.5, 0.6) is 5.75 Å². The molecule has 1 saturated heterocycles. The molecular formula is C13H19N3O4S. The minimum absolute atomic E-state index is 0.0313. The van der Waals surface area contributed by atoms with E-state index in [4.69, 9.17) is 16.2 Å². The predicted molar refractivity (Wildman–Crippen MR) is 79.0 cm³/mol. The molecule has 2 rings (SSSR count). The Kier molecular flexibility index (Phi) is 4.69. The van der Waals surface area contributed by atoms with E-state index in [0.29, 0.717) is 24.4 Å². The lowest BCUT2D eigenvalue weighted by atomic mass is 10.1. The molecule has 0 aliphatic carbocycles. The lowest BCUT2D eigenvalue weighted by molar-refractivity contribution is -0.121. The highest BCUT2D eigenvalue weighted by Crippen LogP contribution is 2.20. The number of anilines is 1. The Labute approximate surface area is 123 Å². The van der Waals surface area contributed by atoms with E-state index >= 15 is 0 Å². The summed E-state index contributed by atoms with van der Waals surface area (Å²) in [5.74, 6) is -0.465. The maximum atomic E-state index is 12.1. The molecule has 1 amide bonds. The van der Waals surface area contributed by atoms with Crippen LogP contribution in [0.1, 0.15) is 6.42 Å². The van der Waals surface area contributed by atoms with Crippen molar-refractivity contribution in [3.05, 3.63) is 24.3 Å². The molecule has 0 bridgehead atoms. The number of ether oxygens (including phenoxy) is 1. The van der Waals surface area contributed by atoms with E-state index in [1.165, 1.54) is 4.31 Å². The second-order valence-electron chi connectivity index (χ2n) is 4.98. The monoisotopic (exact) mass is 313 g/mol. The van der Waals surface area contributed by atoms with Crippen molar-refractivity contribution in [1.82, 2.24) is 4.31 Å². The molecule has 0 aromatic heterocycles. The van der Waals surface area contributed by atoms with Gasteiger partial charge in [0.15, 0.2) is 0 Å². The minimum Gasteiger partial charge on any atom is -0.492 e. The summed E-state index contributed by atoms with van der Waals surface area (Å²) in [5, 5.41) is 0. The molecule has 1 aromatic carbocycles. The first-order chi connectivity index (χ1) is 9.88. The Balaban J connectivity index is 1.86. The third-order valence-corrected chi connectivity index (χ3v) is 5.22. The van der Waals surface area contributed by atoms with Gasteiger partial charge in [-0.1, -0.05) is 6.07 Å².